The average molecular weight is 343 g/mol. The van der Waals surface area contributed by atoms with Crippen LogP contribution in [-0.4, -0.2) is 32.6 Å². The molecule has 0 fully saturated rings. The van der Waals surface area contributed by atoms with Crippen LogP contribution in [-0.2, 0) is 9.59 Å². The number of aromatic nitrogens is 3. The summed E-state index contributed by atoms with van der Waals surface area (Å²) in [6.07, 6.45) is 5.96. The van der Waals surface area contributed by atoms with Gasteiger partial charge in [0.2, 0.25) is 11.8 Å². The number of benzene rings is 1. The summed E-state index contributed by atoms with van der Waals surface area (Å²) in [6, 6.07) is 6.65. The van der Waals surface area contributed by atoms with E-state index in [9.17, 15) is 9.59 Å². The van der Waals surface area contributed by atoms with E-state index in [0.29, 0.717) is 5.69 Å². The Balaban J connectivity index is 1.87. The second kappa shape index (κ2) is 8.96. The zero-order chi connectivity index (χ0) is 18.2. The van der Waals surface area contributed by atoms with E-state index in [2.05, 4.69) is 27.6 Å². The Kier molecular flexibility index (Phi) is 6.68. The molecule has 2 aromatic rings. The molecule has 2 rings (SSSR count). The number of carbonyl (C=O) groups is 2. The number of anilines is 1. The molecular weight excluding hydrogens is 318 g/mol. The smallest absolute Gasteiger partial charge is 0.246 e. The minimum Gasteiger partial charge on any atom is -0.344 e. The lowest BCUT2D eigenvalue weighted by molar-refractivity contribution is -0.128. The van der Waals surface area contributed by atoms with Crippen LogP contribution >= 0.6 is 0 Å². The van der Waals surface area contributed by atoms with Gasteiger partial charge in [-0.15, -0.1) is 0 Å². The minimum atomic E-state index is -0.591. The van der Waals surface area contributed by atoms with Crippen molar-refractivity contribution in [3.05, 3.63) is 36.9 Å². The van der Waals surface area contributed by atoms with E-state index < -0.39 is 6.04 Å². The summed E-state index contributed by atoms with van der Waals surface area (Å²) >= 11 is 0. The summed E-state index contributed by atoms with van der Waals surface area (Å²) in [4.78, 5) is 28.2. The first kappa shape index (κ1) is 18.6. The Morgan fingerprint density at radius 3 is 2.48 bits per heavy atom. The van der Waals surface area contributed by atoms with E-state index in [1.54, 1.807) is 30.1 Å². The van der Waals surface area contributed by atoms with Crippen molar-refractivity contribution in [2.24, 2.45) is 5.92 Å². The fourth-order valence-electron chi connectivity index (χ4n) is 2.35. The Morgan fingerprint density at radius 1 is 1.16 bits per heavy atom. The van der Waals surface area contributed by atoms with Crippen molar-refractivity contribution in [3.63, 3.8) is 0 Å². The third-order valence-corrected chi connectivity index (χ3v) is 4.01. The summed E-state index contributed by atoms with van der Waals surface area (Å²) in [6.45, 7) is 5.66. The van der Waals surface area contributed by atoms with Gasteiger partial charge >= 0.3 is 0 Å². The van der Waals surface area contributed by atoms with Crippen molar-refractivity contribution in [3.8, 4) is 5.69 Å². The predicted molar refractivity (Wildman–Crippen MR) is 96.3 cm³/mol. The van der Waals surface area contributed by atoms with E-state index >= 15 is 0 Å². The van der Waals surface area contributed by atoms with Crippen molar-refractivity contribution in [1.82, 2.24) is 20.1 Å². The lowest BCUT2D eigenvalue weighted by Gasteiger charge is -2.17. The van der Waals surface area contributed by atoms with Gasteiger partial charge < -0.3 is 10.6 Å². The third-order valence-electron chi connectivity index (χ3n) is 4.01. The fourth-order valence-corrected chi connectivity index (χ4v) is 2.35. The maximum atomic E-state index is 12.2. The number of unbranched alkanes of at least 4 members (excludes halogenated alkanes) is 1. The molecule has 7 nitrogen and oxygen atoms in total. The van der Waals surface area contributed by atoms with Crippen LogP contribution in [0.5, 0.6) is 0 Å². The van der Waals surface area contributed by atoms with Gasteiger partial charge in [-0.1, -0.05) is 26.7 Å². The molecule has 1 heterocycles. The molecule has 2 atom stereocenters. The number of rotatable bonds is 8. The van der Waals surface area contributed by atoms with Crippen LogP contribution in [0.15, 0.2) is 36.9 Å². The summed E-state index contributed by atoms with van der Waals surface area (Å²) in [7, 11) is 0. The van der Waals surface area contributed by atoms with Crippen LogP contribution < -0.4 is 10.6 Å². The van der Waals surface area contributed by atoms with E-state index in [-0.39, 0.29) is 17.7 Å². The van der Waals surface area contributed by atoms with Gasteiger partial charge in [-0.2, -0.15) is 5.10 Å². The maximum absolute atomic E-state index is 12.2. The molecule has 0 radical (unpaired) electrons. The number of nitrogens with zero attached hydrogens (tertiary/aromatic N) is 3. The quantitative estimate of drug-likeness (QED) is 0.771. The van der Waals surface area contributed by atoms with Crippen molar-refractivity contribution in [1.29, 1.82) is 0 Å². The van der Waals surface area contributed by atoms with Gasteiger partial charge in [0.25, 0.3) is 0 Å². The molecule has 0 aliphatic rings. The largest absolute Gasteiger partial charge is 0.344 e. The molecule has 134 valence electrons. The Bertz CT molecular complexity index is 682. The van der Waals surface area contributed by atoms with Crippen LogP contribution in [0.2, 0.25) is 0 Å². The molecule has 0 aliphatic carbocycles. The van der Waals surface area contributed by atoms with Gasteiger partial charge in [-0.05, 0) is 37.6 Å². The fraction of sp³-hybridized carbons (Fsp3) is 0.444. The third kappa shape index (κ3) is 5.41. The molecule has 7 heteroatoms. The highest BCUT2D eigenvalue weighted by Gasteiger charge is 2.19. The molecular formula is C18H25N5O2. The Hall–Kier alpha value is -2.70. The average Bonchev–Trinajstić information content (AvgIpc) is 3.14. The summed E-state index contributed by atoms with van der Waals surface area (Å²) in [5.74, 6) is -0.417. The molecule has 25 heavy (non-hydrogen) atoms. The highest BCUT2D eigenvalue weighted by Crippen LogP contribution is 2.13. The monoisotopic (exact) mass is 343 g/mol. The van der Waals surface area contributed by atoms with E-state index in [4.69, 9.17) is 0 Å². The zero-order valence-corrected chi connectivity index (χ0v) is 14.9. The van der Waals surface area contributed by atoms with Gasteiger partial charge in [0.1, 0.15) is 18.7 Å². The highest BCUT2D eigenvalue weighted by atomic mass is 16.2. The van der Waals surface area contributed by atoms with Crippen LogP contribution in [0.3, 0.4) is 0 Å². The van der Waals surface area contributed by atoms with E-state index in [1.165, 1.54) is 6.33 Å². The van der Waals surface area contributed by atoms with Crippen molar-refractivity contribution < 1.29 is 9.59 Å². The molecule has 0 saturated carbocycles. The number of hydrogen-bond donors (Lipinski definition) is 2. The summed E-state index contributed by atoms with van der Waals surface area (Å²) < 4.78 is 1.63. The van der Waals surface area contributed by atoms with Gasteiger partial charge in [-0.25, -0.2) is 9.67 Å². The molecule has 2 N–H and O–H groups in total. The van der Waals surface area contributed by atoms with E-state index in [1.807, 2.05) is 19.1 Å². The molecule has 0 saturated heterocycles. The molecule has 0 aliphatic heterocycles. The van der Waals surface area contributed by atoms with Gasteiger partial charge in [-0.3, -0.25) is 9.59 Å². The molecule has 2 amide bonds. The second-order valence-corrected chi connectivity index (χ2v) is 6.15. The standard InChI is InChI=1S/C18H25N5O2/c1-4-5-6-13(2)17(24)21-14(3)18(25)22-15-7-9-16(10-8-15)23-12-19-11-20-23/h7-14H,4-6H2,1-3H3,(H,21,24)(H,22,25)/t13-,14-/m0/s1. The van der Waals surface area contributed by atoms with Crippen LogP contribution in [0.1, 0.15) is 40.0 Å². The highest BCUT2D eigenvalue weighted by molar-refractivity contribution is 5.97. The predicted octanol–water partition coefficient (Wildman–Crippen LogP) is 2.54. The maximum Gasteiger partial charge on any atom is 0.246 e. The van der Waals surface area contributed by atoms with Crippen molar-refractivity contribution in [2.75, 3.05) is 5.32 Å². The first-order chi connectivity index (χ1) is 12.0. The molecule has 0 spiro atoms. The second-order valence-electron chi connectivity index (χ2n) is 6.15. The lowest BCUT2D eigenvalue weighted by atomic mass is 10.0. The SMILES string of the molecule is CCCC[C@H](C)C(=O)N[C@@H](C)C(=O)Nc1ccc(-n2cncn2)cc1. The molecule has 1 aromatic carbocycles. The van der Waals surface area contributed by atoms with Crippen LogP contribution in [0, 0.1) is 5.92 Å². The molecule has 0 bridgehead atoms. The van der Waals surface area contributed by atoms with Gasteiger partial charge in [0.05, 0.1) is 5.69 Å². The number of hydrogen-bond acceptors (Lipinski definition) is 4. The first-order valence-corrected chi connectivity index (χ1v) is 8.57. The molecule has 1 aromatic heterocycles. The Morgan fingerprint density at radius 2 is 1.88 bits per heavy atom. The van der Waals surface area contributed by atoms with Gasteiger partial charge in [0.15, 0.2) is 0 Å². The zero-order valence-electron chi connectivity index (χ0n) is 14.9. The normalized spacial score (nSPS) is 13.1. The Labute approximate surface area is 147 Å². The van der Waals surface area contributed by atoms with Crippen LogP contribution in [0.25, 0.3) is 5.69 Å². The first-order valence-electron chi connectivity index (χ1n) is 8.57. The summed E-state index contributed by atoms with van der Waals surface area (Å²) in [5, 5.41) is 9.62. The molecule has 0 unspecified atom stereocenters. The minimum absolute atomic E-state index is 0.0855. The van der Waals surface area contributed by atoms with E-state index in [0.717, 1.165) is 24.9 Å². The summed E-state index contributed by atoms with van der Waals surface area (Å²) in [5.41, 5.74) is 1.51. The van der Waals surface area contributed by atoms with Crippen LogP contribution in [0.4, 0.5) is 5.69 Å². The van der Waals surface area contributed by atoms with Crippen molar-refractivity contribution in [2.45, 2.75) is 46.1 Å². The lowest BCUT2D eigenvalue weighted by Crippen LogP contribution is -2.43. The number of nitrogens with one attached hydrogen (secondary N) is 2. The van der Waals surface area contributed by atoms with Crippen molar-refractivity contribution >= 4 is 17.5 Å². The number of amides is 2. The number of carbonyl (C=O) groups excluding carboxylic acids is 2. The topological polar surface area (TPSA) is 88.9 Å². The van der Waals surface area contributed by atoms with Gasteiger partial charge in [0, 0.05) is 11.6 Å².